The molecule has 8 heteroatoms. The first-order valence-electron chi connectivity index (χ1n) is 6.67. The van der Waals surface area contributed by atoms with Crippen LogP contribution in [0.1, 0.15) is 18.1 Å². The van der Waals surface area contributed by atoms with Crippen LogP contribution in [-0.2, 0) is 11.2 Å². The lowest BCUT2D eigenvalue weighted by Gasteiger charge is -1.98. The molecule has 8 nitrogen and oxygen atoms in total. The molecule has 0 fully saturated rings. The molecule has 0 bridgehead atoms. The lowest BCUT2D eigenvalue weighted by atomic mass is 10.2. The zero-order valence-electron chi connectivity index (χ0n) is 11.8. The first-order valence-corrected chi connectivity index (χ1v) is 6.67. The average molecular weight is 299 g/mol. The molecule has 0 aliphatic carbocycles. The van der Waals surface area contributed by atoms with Gasteiger partial charge in [-0.05, 0) is 19.1 Å². The van der Waals surface area contributed by atoms with Crippen LogP contribution in [0.25, 0.3) is 11.4 Å². The summed E-state index contributed by atoms with van der Waals surface area (Å²) in [7, 11) is 0. The Balaban J connectivity index is 1.56. The summed E-state index contributed by atoms with van der Waals surface area (Å²) in [6.07, 6.45) is 3.86. The number of aromatic nitrogens is 4. The van der Waals surface area contributed by atoms with Gasteiger partial charge in [-0.15, -0.1) is 0 Å². The maximum absolute atomic E-state index is 11.8. The predicted molar refractivity (Wildman–Crippen MR) is 75.7 cm³/mol. The van der Waals surface area contributed by atoms with Crippen LogP contribution in [0.4, 0.5) is 5.82 Å². The third-order valence-corrected chi connectivity index (χ3v) is 2.87. The molecule has 0 aromatic carbocycles. The Morgan fingerprint density at radius 3 is 2.77 bits per heavy atom. The highest BCUT2D eigenvalue weighted by molar-refractivity contribution is 5.89. The fourth-order valence-electron chi connectivity index (χ4n) is 1.83. The van der Waals surface area contributed by atoms with Gasteiger partial charge in [-0.3, -0.25) is 9.78 Å². The van der Waals surface area contributed by atoms with Crippen molar-refractivity contribution in [2.24, 2.45) is 0 Å². The van der Waals surface area contributed by atoms with E-state index in [4.69, 9.17) is 9.05 Å². The van der Waals surface area contributed by atoms with Crippen molar-refractivity contribution in [1.29, 1.82) is 0 Å². The molecule has 0 unspecified atom stereocenters. The van der Waals surface area contributed by atoms with Crippen molar-refractivity contribution in [2.45, 2.75) is 19.8 Å². The minimum absolute atomic E-state index is 0.197. The van der Waals surface area contributed by atoms with Crippen LogP contribution in [0.2, 0.25) is 0 Å². The minimum Gasteiger partial charge on any atom is -0.360 e. The lowest BCUT2D eigenvalue weighted by Crippen LogP contribution is -2.12. The van der Waals surface area contributed by atoms with E-state index in [-0.39, 0.29) is 12.3 Å². The van der Waals surface area contributed by atoms with Crippen molar-refractivity contribution in [1.82, 2.24) is 20.3 Å². The van der Waals surface area contributed by atoms with E-state index in [0.717, 1.165) is 5.56 Å². The first kappa shape index (κ1) is 13.9. The van der Waals surface area contributed by atoms with Gasteiger partial charge in [0, 0.05) is 36.9 Å². The van der Waals surface area contributed by atoms with Crippen LogP contribution < -0.4 is 5.32 Å². The zero-order valence-corrected chi connectivity index (χ0v) is 11.8. The third-order valence-electron chi connectivity index (χ3n) is 2.87. The number of aryl methyl sites for hydroxylation is 2. The summed E-state index contributed by atoms with van der Waals surface area (Å²) >= 11 is 0. The van der Waals surface area contributed by atoms with E-state index < -0.39 is 0 Å². The van der Waals surface area contributed by atoms with Crippen LogP contribution in [0, 0.1) is 6.92 Å². The molecule has 112 valence electrons. The van der Waals surface area contributed by atoms with Crippen LogP contribution in [0.3, 0.4) is 0 Å². The van der Waals surface area contributed by atoms with Gasteiger partial charge in [0.25, 0.3) is 0 Å². The Morgan fingerprint density at radius 2 is 2.05 bits per heavy atom. The summed E-state index contributed by atoms with van der Waals surface area (Å²) in [4.78, 5) is 20.0. The highest BCUT2D eigenvalue weighted by atomic mass is 16.5. The molecule has 3 heterocycles. The molecular formula is C14H13N5O3. The number of hydrogen-bond donors (Lipinski definition) is 1. The lowest BCUT2D eigenvalue weighted by molar-refractivity contribution is -0.116. The molecule has 0 saturated heterocycles. The van der Waals surface area contributed by atoms with Crippen molar-refractivity contribution in [2.75, 3.05) is 5.32 Å². The maximum Gasteiger partial charge on any atom is 0.227 e. The van der Waals surface area contributed by atoms with E-state index >= 15 is 0 Å². The van der Waals surface area contributed by atoms with Gasteiger partial charge in [0.05, 0.1) is 0 Å². The second-order valence-electron chi connectivity index (χ2n) is 4.62. The summed E-state index contributed by atoms with van der Waals surface area (Å²) in [5.74, 6) is 1.71. The molecule has 0 spiro atoms. The first-order chi connectivity index (χ1) is 10.7. The van der Waals surface area contributed by atoms with Crippen molar-refractivity contribution in [3.05, 3.63) is 42.2 Å². The number of carbonyl (C=O) groups is 1. The van der Waals surface area contributed by atoms with Gasteiger partial charge < -0.3 is 14.4 Å². The SMILES string of the molecule is Cc1cc(NC(=O)CCc2nc(-c3ccncc3)no2)no1. The van der Waals surface area contributed by atoms with Gasteiger partial charge in [-0.2, -0.15) is 4.98 Å². The van der Waals surface area contributed by atoms with Gasteiger partial charge >= 0.3 is 0 Å². The van der Waals surface area contributed by atoms with E-state index in [1.54, 1.807) is 37.5 Å². The average Bonchev–Trinajstić information content (AvgIpc) is 3.15. The Hall–Kier alpha value is -3.03. The summed E-state index contributed by atoms with van der Waals surface area (Å²) < 4.78 is 10.00. The molecule has 1 N–H and O–H groups in total. The Bertz CT molecular complexity index is 766. The van der Waals surface area contributed by atoms with Crippen molar-refractivity contribution in [3.63, 3.8) is 0 Å². The standard InChI is InChI=1S/C14H13N5O3/c1-9-8-11(18-21-9)16-12(20)2-3-13-17-14(19-22-13)10-4-6-15-7-5-10/h4-8H,2-3H2,1H3,(H,16,18,20). The molecule has 3 rings (SSSR count). The predicted octanol–water partition coefficient (Wildman–Crippen LogP) is 2.00. The summed E-state index contributed by atoms with van der Waals surface area (Å²) in [6.45, 7) is 1.75. The van der Waals surface area contributed by atoms with Gasteiger partial charge in [-0.25, -0.2) is 0 Å². The fraction of sp³-hybridized carbons (Fsp3) is 0.214. The molecule has 3 aromatic heterocycles. The van der Waals surface area contributed by atoms with E-state index in [0.29, 0.717) is 29.7 Å². The van der Waals surface area contributed by atoms with Gasteiger partial charge in [-0.1, -0.05) is 10.3 Å². The summed E-state index contributed by atoms with van der Waals surface area (Å²) in [5, 5.41) is 10.2. The second-order valence-corrected chi connectivity index (χ2v) is 4.62. The Kier molecular flexibility index (Phi) is 3.90. The zero-order chi connectivity index (χ0) is 15.4. The summed E-state index contributed by atoms with van der Waals surface area (Å²) in [6, 6.07) is 5.22. The molecule has 0 atom stereocenters. The van der Waals surface area contributed by atoms with Gasteiger partial charge in [0.1, 0.15) is 5.76 Å². The van der Waals surface area contributed by atoms with Crippen LogP contribution >= 0.6 is 0 Å². The van der Waals surface area contributed by atoms with Crippen molar-refractivity contribution in [3.8, 4) is 11.4 Å². The fourth-order valence-corrected chi connectivity index (χ4v) is 1.83. The number of rotatable bonds is 5. The third kappa shape index (κ3) is 3.35. The quantitative estimate of drug-likeness (QED) is 0.767. The molecule has 0 saturated carbocycles. The van der Waals surface area contributed by atoms with E-state index in [1.165, 1.54) is 0 Å². The maximum atomic E-state index is 11.8. The normalized spacial score (nSPS) is 10.6. The number of nitrogens with one attached hydrogen (secondary N) is 1. The highest BCUT2D eigenvalue weighted by Gasteiger charge is 2.11. The van der Waals surface area contributed by atoms with E-state index in [1.807, 2.05) is 0 Å². The topological polar surface area (TPSA) is 107 Å². The Labute approximate surface area is 125 Å². The minimum atomic E-state index is -0.197. The summed E-state index contributed by atoms with van der Waals surface area (Å²) in [5.41, 5.74) is 0.813. The molecule has 1 amide bonds. The molecule has 22 heavy (non-hydrogen) atoms. The van der Waals surface area contributed by atoms with Crippen molar-refractivity contribution >= 4 is 11.7 Å². The molecular weight excluding hydrogens is 286 g/mol. The van der Waals surface area contributed by atoms with Crippen molar-refractivity contribution < 1.29 is 13.8 Å². The number of anilines is 1. The largest absolute Gasteiger partial charge is 0.360 e. The molecule has 0 radical (unpaired) electrons. The van der Waals surface area contributed by atoms with Crippen LogP contribution in [0.15, 0.2) is 39.6 Å². The molecule has 0 aliphatic heterocycles. The Morgan fingerprint density at radius 1 is 1.23 bits per heavy atom. The van der Waals surface area contributed by atoms with Gasteiger partial charge in [0.15, 0.2) is 5.82 Å². The second kappa shape index (κ2) is 6.17. The monoisotopic (exact) mass is 299 g/mol. The smallest absolute Gasteiger partial charge is 0.227 e. The molecule has 3 aromatic rings. The van der Waals surface area contributed by atoms with Gasteiger partial charge in [0.2, 0.25) is 17.6 Å². The number of amides is 1. The van der Waals surface area contributed by atoms with E-state index in [9.17, 15) is 4.79 Å². The van der Waals surface area contributed by atoms with Crippen LogP contribution in [0.5, 0.6) is 0 Å². The van der Waals surface area contributed by atoms with Crippen LogP contribution in [-0.4, -0.2) is 26.2 Å². The highest BCUT2D eigenvalue weighted by Crippen LogP contribution is 2.15. The number of nitrogens with zero attached hydrogens (tertiary/aromatic N) is 4. The number of pyridine rings is 1. The van der Waals surface area contributed by atoms with E-state index in [2.05, 4.69) is 25.6 Å². The number of carbonyl (C=O) groups excluding carboxylic acids is 1. The molecule has 0 aliphatic rings. The number of hydrogen-bond acceptors (Lipinski definition) is 7.